The molecule has 11 heavy (non-hydrogen) atoms. The van der Waals surface area contributed by atoms with Gasteiger partial charge in [0.25, 0.3) is 0 Å². The van der Waals surface area contributed by atoms with Crippen molar-refractivity contribution in [3.63, 3.8) is 0 Å². The van der Waals surface area contributed by atoms with Gasteiger partial charge in [0.1, 0.15) is 0 Å². The van der Waals surface area contributed by atoms with Crippen LogP contribution in [0.15, 0.2) is 0 Å². The Balaban J connectivity index is 2.91. The second kappa shape index (κ2) is 7.12. The number of alkyl halides is 1. The first kappa shape index (κ1) is 11.4. The summed E-state index contributed by atoms with van der Waals surface area (Å²) in [6, 6.07) is 0. The molecule has 0 aromatic carbocycles. The van der Waals surface area contributed by atoms with E-state index in [9.17, 15) is 10.4 Å². The van der Waals surface area contributed by atoms with Gasteiger partial charge in [0.15, 0.2) is 0 Å². The number of nitrogens with one attached hydrogen (secondary N) is 3. The Hall–Kier alpha value is 0.450. The van der Waals surface area contributed by atoms with Crippen LogP contribution in [0.4, 0.5) is 0 Å². The fourth-order valence-electron chi connectivity index (χ4n) is 0.208. The Morgan fingerprint density at radius 2 is 2.00 bits per heavy atom. The second-order valence-corrected chi connectivity index (χ2v) is 3.38. The number of quaternary nitrogens is 2. The molecule has 0 spiro atoms. The molecule has 0 radical (unpaired) electrons. The zero-order valence-corrected chi connectivity index (χ0v) is 8.38. The van der Waals surface area contributed by atoms with Crippen molar-refractivity contribution in [3.05, 3.63) is 10.4 Å². The Kier molecular flexibility index (Phi) is 7.41. The molecule has 2 unspecified atom stereocenters. The van der Waals surface area contributed by atoms with Crippen LogP contribution in [0.25, 0.3) is 0 Å². The van der Waals surface area contributed by atoms with Crippen molar-refractivity contribution in [2.24, 2.45) is 0 Å². The van der Waals surface area contributed by atoms with E-state index in [1.807, 2.05) is 0 Å². The molecular weight excluding hydrogens is 269 g/mol. The molecule has 0 heterocycles. The number of rotatable bonds is 6. The third-order valence-corrected chi connectivity index (χ3v) is 1.70. The van der Waals surface area contributed by atoms with Crippen LogP contribution in [0, 0.1) is 10.4 Å². The second-order valence-electron chi connectivity index (χ2n) is 1.55. The van der Waals surface area contributed by atoms with E-state index in [4.69, 9.17) is 0 Å². The van der Waals surface area contributed by atoms with Crippen LogP contribution >= 0.6 is 0 Å². The summed E-state index contributed by atoms with van der Waals surface area (Å²) in [5, 5.41) is 19.6. The van der Waals surface area contributed by atoms with Crippen molar-refractivity contribution in [1.29, 1.82) is 0 Å². The van der Waals surface area contributed by atoms with Gasteiger partial charge in [-0.25, -0.2) is 0 Å². The minimum absolute atomic E-state index is 0.307. The first-order valence-corrected chi connectivity index (χ1v) is 5.37. The van der Waals surface area contributed by atoms with E-state index >= 15 is 0 Å². The molecule has 0 saturated carbocycles. The summed E-state index contributed by atoms with van der Waals surface area (Å²) in [5.74, 6) is 0. The van der Waals surface area contributed by atoms with Crippen LogP contribution in [0.3, 0.4) is 0 Å². The van der Waals surface area contributed by atoms with E-state index in [0.717, 1.165) is 0 Å². The molecule has 3 N–H and O–H groups in total. The number of halogens is 1. The molecule has 0 rings (SSSR count). The molecule has 7 nitrogen and oxygen atoms in total. The molecule has 0 aromatic heterocycles. The Morgan fingerprint density at radius 3 is 2.45 bits per heavy atom. The van der Waals surface area contributed by atoms with Gasteiger partial charge in [-0.1, -0.05) is 0 Å². The molecule has 0 aliphatic carbocycles. The van der Waals surface area contributed by atoms with Gasteiger partial charge in [-0.15, -0.1) is 0 Å². The van der Waals surface area contributed by atoms with E-state index in [-0.39, 0.29) is 5.23 Å². The van der Waals surface area contributed by atoms with Gasteiger partial charge in [0.2, 0.25) is 0 Å². The summed E-state index contributed by atoms with van der Waals surface area (Å²) in [7, 11) is 2.62. The van der Waals surface area contributed by atoms with E-state index in [2.05, 4.69) is 13.5 Å². The van der Waals surface area contributed by atoms with Gasteiger partial charge in [-0.2, -0.15) is 0 Å². The van der Waals surface area contributed by atoms with Crippen LogP contribution in [0.1, 0.15) is 0 Å². The van der Waals surface area contributed by atoms with E-state index in [1.54, 1.807) is 0 Å². The first-order chi connectivity index (χ1) is 5.13. The minimum atomic E-state index is -0.578. The van der Waals surface area contributed by atoms with Crippen molar-refractivity contribution in [1.82, 2.24) is 3.69 Å². The number of hydrogen-bond acceptors (Lipinski definition) is 5. The molecule has 0 aliphatic rings. The van der Waals surface area contributed by atoms with Crippen molar-refractivity contribution in [2.75, 3.05) is 18.7 Å². The van der Waals surface area contributed by atoms with E-state index in [0.29, 0.717) is 4.61 Å². The van der Waals surface area contributed by atoms with Gasteiger partial charge >= 0.3 is 74.5 Å². The van der Waals surface area contributed by atoms with Crippen molar-refractivity contribution < 1.29 is 41.7 Å². The topological polar surface area (TPSA) is 85.5 Å². The Bertz CT molecular complexity index is 82.7. The molecular formula is C3H11IN3O4-. The van der Waals surface area contributed by atoms with Crippen molar-refractivity contribution in [3.8, 4) is 0 Å². The van der Waals surface area contributed by atoms with Crippen LogP contribution in [-0.2, 0) is 9.78 Å². The van der Waals surface area contributed by atoms with Crippen LogP contribution in [0.5, 0.6) is 0 Å². The van der Waals surface area contributed by atoms with Crippen LogP contribution in [-0.4, -0.2) is 18.7 Å². The third-order valence-electron chi connectivity index (χ3n) is 0.549. The SMILES string of the molecule is C[NH+]([O-])OC[I-]NO[NH+](C)[O-]. The summed E-state index contributed by atoms with van der Waals surface area (Å²) in [4.78, 5) is 8.97. The molecule has 0 bridgehead atoms. The molecule has 0 saturated heterocycles. The van der Waals surface area contributed by atoms with Crippen LogP contribution in [0.2, 0.25) is 0 Å². The fraction of sp³-hybridized carbons (Fsp3) is 1.00. The standard InChI is InChI=1S/C3H11IN3O4/c1-6(8)10-3-4-5-11-7(2)9/h5-7H,3H2,1-2H3/q-1. The van der Waals surface area contributed by atoms with E-state index < -0.39 is 26.7 Å². The van der Waals surface area contributed by atoms with Gasteiger partial charge in [-0.3, -0.25) is 0 Å². The van der Waals surface area contributed by atoms with Gasteiger partial charge in [0, 0.05) is 0 Å². The maximum absolute atomic E-state index is 10.2. The van der Waals surface area contributed by atoms with Crippen molar-refractivity contribution >= 4 is 0 Å². The fourth-order valence-corrected chi connectivity index (χ4v) is 1.40. The predicted octanol–water partition coefficient (Wildman–Crippen LogP) is -6.66. The maximum atomic E-state index is 10.2. The van der Waals surface area contributed by atoms with Gasteiger partial charge < -0.3 is 0 Å². The summed E-state index contributed by atoms with van der Waals surface area (Å²) in [6.07, 6.45) is 0. The first-order valence-electron chi connectivity index (χ1n) is 2.77. The molecule has 0 aliphatic heterocycles. The molecule has 70 valence electrons. The zero-order valence-electron chi connectivity index (χ0n) is 6.22. The summed E-state index contributed by atoms with van der Waals surface area (Å²) in [5.41, 5.74) is 0. The molecule has 0 aromatic rings. The molecule has 2 atom stereocenters. The van der Waals surface area contributed by atoms with Gasteiger partial charge in [-0.05, 0) is 0 Å². The Labute approximate surface area is 74.9 Å². The molecule has 0 amide bonds. The summed E-state index contributed by atoms with van der Waals surface area (Å²) < 4.78 is 2.73. The average molecular weight is 280 g/mol. The summed E-state index contributed by atoms with van der Waals surface area (Å²) >= 11 is -0.578. The summed E-state index contributed by atoms with van der Waals surface area (Å²) in [6.45, 7) is 0. The molecule has 8 heteroatoms. The normalized spacial score (nSPS) is 16.7. The third kappa shape index (κ3) is 10.4. The quantitative estimate of drug-likeness (QED) is 0.148. The average Bonchev–Trinajstić information content (AvgIpc) is 1.85. The van der Waals surface area contributed by atoms with E-state index in [1.165, 1.54) is 14.1 Å². The Morgan fingerprint density at radius 1 is 1.36 bits per heavy atom. The van der Waals surface area contributed by atoms with Crippen LogP contribution < -0.4 is 35.6 Å². The van der Waals surface area contributed by atoms with Crippen molar-refractivity contribution in [2.45, 2.75) is 0 Å². The zero-order chi connectivity index (χ0) is 8.69. The molecule has 0 fully saturated rings. The number of hydroxylamine groups is 4. The monoisotopic (exact) mass is 280 g/mol. The van der Waals surface area contributed by atoms with Gasteiger partial charge in [0.05, 0.1) is 0 Å². The number of hydrogen-bond donors (Lipinski definition) is 3. The predicted molar refractivity (Wildman–Crippen MR) is 30.7 cm³/mol.